The molecule has 0 unspecified atom stereocenters. The van der Waals surface area contributed by atoms with Crippen LogP contribution in [-0.4, -0.2) is 29.5 Å². The molecule has 1 atom stereocenters. The highest BCUT2D eigenvalue weighted by Crippen LogP contribution is 2.41. The van der Waals surface area contributed by atoms with Crippen molar-refractivity contribution in [3.05, 3.63) is 45.3 Å². The van der Waals surface area contributed by atoms with Crippen LogP contribution in [0.15, 0.2) is 34.7 Å². The lowest BCUT2D eigenvalue weighted by Crippen LogP contribution is -2.11. The Kier molecular flexibility index (Phi) is 5.01. The minimum atomic E-state index is -0.564. The van der Waals surface area contributed by atoms with Crippen molar-refractivity contribution in [2.24, 2.45) is 0 Å². The van der Waals surface area contributed by atoms with E-state index in [4.69, 9.17) is 14.9 Å². The molecular weight excluding hydrogens is 344 g/mol. The summed E-state index contributed by atoms with van der Waals surface area (Å²) in [5.74, 6) is 0.646. The summed E-state index contributed by atoms with van der Waals surface area (Å²) in [5.41, 5.74) is 0.832. The van der Waals surface area contributed by atoms with Gasteiger partial charge in [0.25, 0.3) is 0 Å². The van der Waals surface area contributed by atoms with Gasteiger partial charge in [0.15, 0.2) is 17.3 Å². The number of thioether (sulfide) groups is 1. The molecule has 2 heterocycles. The molecular formula is C17H16N2O3S2. The monoisotopic (exact) mass is 360 g/mol. The molecule has 0 aliphatic carbocycles. The van der Waals surface area contributed by atoms with Gasteiger partial charge in [0, 0.05) is 11.6 Å². The van der Waals surface area contributed by atoms with Gasteiger partial charge in [0.2, 0.25) is 0 Å². The van der Waals surface area contributed by atoms with Crippen LogP contribution in [0, 0.1) is 5.41 Å². The third-order valence-corrected chi connectivity index (χ3v) is 5.31. The summed E-state index contributed by atoms with van der Waals surface area (Å²) < 4.78 is 10.8. The van der Waals surface area contributed by atoms with Gasteiger partial charge in [-0.3, -0.25) is 10.2 Å². The second-order valence-corrected chi connectivity index (χ2v) is 7.00. The van der Waals surface area contributed by atoms with E-state index in [-0.39, 0.29) is 5.78 Å². The number of nitrogens with zero attached hydrogens (tertiary/aromatic N) is 1. The van der Waals surface area contributed by atoms with Crippen molar-refractivity contribution in [2.75, 3.05) is 13.7 Å². The summed E-state index contributed by atoms with van der Waals surface area (Å²) >= 11 is 2.59. The molecule has 0 bridgehead atoms. The number of hydrogen-bond acceptors (Lipinski definition) is 7. The third-order valence-electron chi connectivity index (χ3n) is 3.47. The van der Waals surface area contributed by atoms with Crippen LogP contribution in [0.4, 0.5) is 0 Å². The van der Waals surface area contributed by atoms with E-state index in [0.29, 0.717) is 33.1 Å². The second-order valence-electron chi connectivity index (χ2n) is 4.99. The van der Waals surface area contributed by atoms with Crippen LogP contribution < -0.4 is 9.47 Å². The van der Waals surface area contributed by atoms with Crippen LogP contribution in [0.25, 0.3) is 6.08 Å². The van der Waals surface area contributed by atoms with E-state index < -0.39 is 5.92 Å². The Labute approximate surface area is 148 Å². The summed E-state index contributed by atoms with van der Waals surface area (Å²) in [6, 6.07) is 5.52. The highest BCUT2D eigenvalue weighted by atomic mass is 32.2. The Morgan fingerprint density at radius 2 is 2.21 bits per heavy atom. The number of carbonyl (C=O) groups is 1. The Morgan fingerprint density at radius 1 is 1.38 bits per heavy atom. The van der Waals surface area contributed by atoms with E-state index >= 15 is 0 Å². The number of thiazole rings is 1. The molecule has 1 N–H and O–H groups in total. The summed E-state index contributed by atoms with van der Waals surface area (Å²) in [5, 5.41) is 10.9. The molecule has 1 aliphatic rings. The first-order chi connectivity index (χ1) is 11.6. The maximum atomic E-state index is 12.6. The van der Waals surface area contributed by atoms with Crippen molar-refractivity contribution in [1.82, 2.24) is 4.98 Å². The first-order valence-electron chi connectivity index (χ1n) is 7.36. The van der Waals surface area contributed by atoms with Crippen LogP contribution in [0.1, 0.15) is 23.4 Å². The normalized spacial score (nSPS) is 19.1. The maximum absolute atomic E-state index is 12.6. The number of nitrogens with one attached hydrogen (secondary N) is 1. The summed E-state index contributed by atoms with van der Waals surface area (Å²) in [6.07, 6.45) is 3.44. The van der Waals surface area contributed by atoms with E-state index in [2.05, 4.69) is 4.98 Å². The second kappa shape index (κ2) is 7.19. The molecule has 1 aromatic carbocycles. The molecule has 3 rings (SSSR count). The van der Waals surface area contributed by atoms with E-state index in [0.717, 1.165) is 5.56 Å². The van der Waals surface area contributed by atoms with Crippen molar-refractivity contribution in [2.45, 2.75) is 12.8 Å². The lowest BCUT2D eigenvalue weighted by Gasteiger charge is -2.09. The maximum Gasteiger partial charge on any atom is 0.186 e. The Bertz CT molecular complexity index is 800. The average molecular weight is 360 g/mol. The molecule has 5 nitrogen and oxygen atoms in total. The molecule has 7 heteroatoms. The molecule has 0 spiro atoms. The molecule has 1 fully saturated rings. The lowest BCUT2D eigenvalue weighted by molar-refractivity contribution is -0.114. The van der Waals surface area contributed by atoms with E-state index in [1.165, 1.54) is 23.1 Å². The fourth-order valence-electron chi connectivity index (χ4n) is 2.39. The van der Waals surface area contributed by atoms with E-state index in [1.54, 1.807) is 19.4 Å². The minimum Gasteiger partial charge on any atom is -0.493 e. The third kappa shape index (κ3) is 3.22. The summed E-state index contributed by atoms with van der Waals surface area (Å²) in [6.45, 7) is 2.46. The predicted molar refractivity (Wildman–Crippen MR) is 97.3 cm³/mol. The SMILES string of the molecule is CCOc1ccc(/C=C2\SC(=N)[C@H](c3nccs3)C2=O)cc1OC. The van der Waals surface area contributed by atoms with Gasteiger partial charge >= 0.3 is 0 Å². The van der Waals surface area contributed by atoms with E-state index in [1.807, 2.05) is 30.5 Å². The molecule has 124 valence electrons. The van der Waals surface area contributed by atoms with Crippen molar-refractivity contribution in [3.8, 4) is 11.5 Å². The number of ketones is 1. The molecule has 24 heavy (non-hydrogen) atoms. The van der Waals surface area contributed by atoms with Crippen molar-refractivity contribution in [3.63, 3.8) is 0 Å². The molecule has 0 amide bonds. The molecule has 1 aromatic heterocycles. The average Bonchev–Trinajstić information content (AvgIpc) is 3.18. The highest BCUT2D eigenvalue weighted by Gasteiger charge is 2.38. The number of aromatic nitrogens is 1. The zero-order valence-corrected chi connectivity index (χ0v) is 14.9. The number of ether oxygens (including phenoxy) is 2. The molecule has 1 aliphatic heterocycles. The smallest absolute Gasteiger partial charge is 0.186 e. The van der Waals surface area contributed by atoms with Crippen LogP contribution in [-0.2, 0) is 4.79 Å². The predicted octanol–water partition coefficient (Wildman–Crippen LogP) is 3.97. The fourth-order valence-corrected chi connectivity index (χ4v) is 4.20. The van der Waals surface area contributed by atoms with Gasteiger partial charge in [-0.25, -0.2) is 4.98 Å². The van der Waals surface area contributed by atoms with Crippen molar-refractivity contribution < 1.29 is 14.3 Å². The van der Waals surface area contributed by atoms with Gasteiger partial charge in [-0.15, -0.1) is 11.3 Å². The number of benzene rings is 1. The molecule has 0 saturated carbocycles. The fraction of sp³-hybridized carbons (Fsp3) is 0.235. The zero-order valence-electron chi connectivity index (χ0n) is 13.2. The Hall–Kier alpha value is -2.12. The van der Waals surface area contributed by atoms with E-state index in [9.17, 15) is 4.79 Å². The minimum absolute atomic E-state index is 0.0761. The first kappa shape index (κ1) is 16.7. The first-order valence-corrected chi connectivity index (χ1v) is 9.06. The Morgan fingerprint density at radius 3 is 2.88 bits per heavy atom. The highest BCUT2D eigenvalue weighted by molar-refractivity contribution is 8.19. The van der Waals surface area contributed by atoms with Gasteiger partial charge in [0.05, 0.1) is 23.7 Å². The quantitative estimate of drug-likeness (QED) is 0.817. The van der Waals surface area contributed by atoms with Crippen LogP contribution in [0.3, 0.4) is 0 Å². The summed E-state index contributed by atoms with van der Waals surface area (Å²) in [4.78, 5) is 17.4. The van der Waals surface area contributed by atoms with Crippen molar-refractivity contribution in [1.29, 1.82) is 5.41 Å². The van der Waals surface area contributed by atoms with Crippen LogP contribution in [0.2, 0.25) is 0 Å². The standard InChI is InChI=1S/C17H16N2O3S2/c1-3-22-11-5-4-10(8-12(11)21-2)9-13-15(20)14(16(18)24-13)17-19-6-7-23-17/h4-9,14,18H,3H2,1-2H3/b13-9-,18-16?/t14-/m1/s1. The largest absolute Gasteiger partial charge is 0.493 e. The van der Waals surface area contributed by atoms with Crippen molar-refractivity contribution >= 4 is 40.0 Å². The zero-order chi connectivity index (χ0) is 17.1. The number of carbonyl (C=O) groups excluding carboxylic acids is 1. The Balaban J connectivity index is 1.89. The van der Waals surface area contributed by atoms with Crippen LogP contribution in [0.5, 0.6) is 11.5 Å². The molecule has 0 radical (unpaired) electrons. The topological polar surface area (TPSA) is 72.3 Å². The summed E-state index contributed by atoms with van der Waals surface area (Å²) in [7, 11) is 1.58. The lowest BCUT2D eigenvalue weighted by atomic mass is 10.0. The number of methoxy groups -OCH3 is 1. The van der Waals surface area contributed by atoms with Gasteiger partial charge in [-0.2, -0.15) is 0 Å². The number of rotatable bonds is 5. The van der Waals surface area contributed by atoms with Gasteiger partial charge in [-0.05, 0) is 30.7 Å². The molecule has 1 saturated heterocycles. The number of hydrogen-bond donors (Lipinski definition) is 1. The molecule has 2 aromatic rings. The van der Waals surface area contributed by atoms with Gasteiger partial charge < -0.3 is 9.47 Å². The number of Topliss-reactive ketones (excluding diaryl/α,β-unsaturated/α-hetero) is 1. The van der Waals surface area contributed by atoms with Gasteiger partial charge in [0.1, 0.15) is 10.9 Å². The van der Waals surface area contributed by atoms with Crippen LogP contribution >= 0.6 is 23.1 Å². The van der Waals surface area contributed by atoms with Gasteiger partial charge in [-0.1, -0.05) is 17.8 Å². The number of allylic oxidation sites excluding steroid dienone is 1.